The van der Waals surface area contributed by atoms with Crippen LogP contribution >= 0.6 is 0 Å². The number of aromatic nitrogens is 4. The van der Waals surface area contributed by atoms with E-state index in [1.54, 1.807) is 11.1 Å². The largest absolute Gasteiger partial charge is 0.491 e. The molecule has 0 unspecified atom stereocenters. The van der Waals surface area contributed by atoms with Crippen molar-refractivity contribution in [1.29, 1.82) is 0 Å². The molecule has 9 heteroatoms. The lowest BCUT2D eigenvalue weighted by Gasteiger charge is -2.36. The van der Waals surface area contributed by atoms with Crippen molar-refractivity contribution in [2.75, 3.05) is 38.2 Å². The number of nitrogens with zero attached hydrogens (tertiary/aromatic N) is 5. The minimum atomic E-state index is -0.216. The fraction of sp³-hybridized carbons (Fsp3) is 0.324. The van der Waals surface area contributed by atoms with Gasteiger partial charge in [0.25, 0.3) is 5.91 Å². The average Bonchev–Trinajstić information content (AvgIpc) is 3.69. The fourth-order valence-electron chi connectivity index (χ4n) is 6.65. The summed E-state index contributed by atoms with van der Waals surface area (Å²) in [7, 11) is 2.12. The molecule has 3 aromatic heterocycles. The number of aliphatic hydroxyl groups is 1. The van der Waals surface area contributed by atoms with Crippen molar-refractivity contribution < 1.29 is 14.6 Å². The van der Waals surface area contributed by atoms with Gasteiger partial charge in [-0.3, -0.25) is 9.48 Å². The molecule has 5 heterocycles. The lowest BCUT2D eigenvalue weighted by atomic mass is 9.96. The SMILES string of the molecule is Cc1nn(C2CN(C)C2)cc1-c1cc2c(-c3cccc(N4CCOc5cc(C6CC6)ccc5C4=O)c3CO)ccnc2[nH]1. The van der Waals surface area contributed by atoms with Crippen LogP contribution in [0.4, 0.5) is 5.69 Å². The zero-order valence-electron chi connectivity index (χ0n) is 24.4. The summed E-state index contributed by atoms with van der Waals surface area (Å²) in [6.45, 7) is 4.59. The second-order valence-electron chi connectivity index (χ2n) is 12.1. The number of carbonyl (C=O) groups is 1. The molecule has 1 saturated carbocycles. The van der Waals surface area contributed by atoms with Crippen LogP contribution in [0, 0.1) is 6.92 Å². The van der Waals surface area contributed by atoms with Crippen LogP contribution in [0.3, 0.4) is 0 Å². The summed E-state index contributed by atoms with van der Waals surface area (Å²) < 4.78 is 8.15. The third-order valence-electron chi connectivity index (χ3n) is 9.15. The van der Waals surface area contributed by atoms with Crippen molar-refractivity contribution in [2.24, 2.45) is 0 Å². The van der Waals surface area contributed by atoms with E-state index in [9.17, 15) is 9.90 Å². The normalized spacial score (nSPS) is 17.6. The standard InChI is InChI=1S/C34H34N6O3/c1-20-28(18-40(37-20)23-16-38(2)17-23)30-15-27-25(10-11-35-33(27)36-30)24-4-3-5-31(29(24)19-41)39-12-13-43-32-14-22(21-6-7-21)8-9-26(32)34(39)42/h3-5,8-11,14-15,18,21,23,41H,6-7,12-13,16-17,19H2,1-2H3,(H,35,36). The molecule has 2 N–H and O–H groups in total. The number of pyridine rings is 1. The Morgan fingerprint density at radius 2 is 1.91 bits per heavy atom. The van der Waals surface area contributed by atoms with Crippen LogP contribution in [0.15, 0.2) is 60.9 Å². The Bertz CT molecular complexity index is 1880. The molecule has 9 nitrogen and oxygen atoms in total. The number of carbonyl (C=O) groups excluding carboxylic acids is 1. The molecule has 43 heavy (non-hydrogen) atoms. The van der Waals surface area contributed by atoms with E-state index in [1.165, 1.54) is 18.4 Å². The first-order valence-electron chi connectivity index (χ1n) is 15.0. The minimum Gasteiger partial charge on any atom is -0.491 e. The minimum absolute atomic E-state index is 0.115. The van der Waals surface area contributed by atoms with Gasteiger partial charge >= 0.3 is 0 Å². The van der Waals surface area contributed by atoms with Crippen LogP contribution < -0.4 is 9.64 Å². The summed E-state index contributed by atoms with van der Waals surface area (Å²) >= 11 is 0. The van der Waals surface area contributed by atoms with E-state index in [0.29, 0.717) is 47.7 Å². The van der Waals surface area contributed by atoms with E-state index in [-0.39, 0.29) is 12.5 Å². The van der Waals surface area contributed by atoms with Crippen molar-refractivity contribution >= 4 is 22.6 Å². The van der Waals surface area contributed by atoms with Crippen molar-refractivity contribution in [3.05, 3.63) is 83.3 Å². The van der Waals surface area contributed by atoms with Gasteiger partial charge in [0, 0.05) is 42.0 Å². The van der Waals surface area contributed by atoms with Crippen molar-refractivity contribution in [2.45, 2.75) is 38.3 Å². The van der Waals surface area contributed by atoms with Crippen LogP contribution in [0.2, 0.25) is 0 Å². The number of anilines is 1. The maximum atomic E-state index is 13.9. The van der Waals surface area contributed by atoms with E-state index in [4.69, 9.17) is 9.84 Å². The monoisotopic (exact) mass is 574 g/mol. The van der Waals surface area contributed by atoms with Gasteiger partial charge in [-0.15, -0.1) is 0 Å². The molecule has 0 radical (unpaired) electrons. The lowest BCUT2D eigenvalue weighted by molar-refractivity contribution is 0.0989. The van der Waals surface area contributed by atoms with Gasteiger partial charge < -0.3 is 24.6 Å². The second-order valence-corrected chi connectivity index (χ2v) is 12.1. The summed E-state index contributed by atoms with van der Waals surface area (Å²) in [5, 5.41) is 16.5. The number of likely N-dealkylation sites (N-methyl/N-ethyl adjacent to an activating group) is 1. The fourth-order valence-corrected chi connectivity index (χ4v) is 6.65. The number of H-pyrrole nitrogens is 1. The number of aliphatic hydroxyl groups excluding tert-OH is 1. The van der Waals surface area contributed by atoms with Crippen LogP contribution in [0.1, 0.15) is 52.0 Å². The predicted molar refractivity (Wildman–Crippen MR) is 166 cm³/mol. The molecule has 0 spiro atoms. The molecule has 8 rings (SSSR count). The highest BCUT2D eigenvalue weighted by atomic mass is 16.5. The molecule has 5 aromatic rings. The van der Waals surface area contributed by atoms with Gasteiger partial charge in [-0.2, -0.15) is 5.10 Å². The quantitative estimate of drug-likeness (QED) is 0.286. The number of aromatic amines is 1. The third-order valence-corrected chi connectivity index (χ3v) is 9.15. The van der Waals surface area contributed by atoms with Gasteiger partial charge in [-0.1, -0.05) is 18.2 Å². The summed E-state index contributed by atoms with van der Waals surface area (Å²) in [5.41, 5.74) is 8.72. The van der Waals surface area contributed by atoms with Crippen LogP contribution in [0.5, 0.6) is 5.75 Å². The number of hydrogen-bond donors (Lipinski definition) is 2. The molecule has 1 saturated heterocycles. The highest BCUT2D eigenvalue weighted by Gasteiger charge is 2.31. The molecular formula is C34H34N6O3. The molecule has 1 aliphatic carbocycles. The first-order chi connectivity index (χ1) is 21.0. The molecule has 2 fully saturated rings. The number of likely N-dealkylation sites (tertiary alicyclic amines) is 1. The summed E-state index contributed by atoms with van der Waals surface area (Å²) in [6, 6.07) is 16.3. The highest BCUT2D eigenvalue weighted by Crippen LogP contribution is 2.43. The van der Waals surface area contributed by atoms with Crippen molar-refractivity contribution in [1.82, 2.24) is 24.6 Å². The zero-order valence-corrected chi connectivity index (χ0v) is 24.4. The first-order valence-corrected chi connectivity index (χ1v) is 15.0. The lowest BCUT2D eigenvalue weighted by Crippen LogP contribution is -2.45. The van der Waals surface area contributed by atoms with Crippen molar-refractivity contribution in [3.8, 4) is 28.1 Å². The number of amides is 1. The van der Waals surface area contributed by atoms with Gasteiger partial charge in [0.15, 0.2) is 0 Å². The van der Waals surface area contributed by atoms with Gasteiger partial charge in [0.2, 0.25) is 0 Å². The maximum absolute atomic E-state index is 13.9. The molecule has 2 aromatic carbocycles. The Kier molecular flexibility index (Phi) is 6.13. The number of rotatable bonds is 6. The van der Waals surface area contributed by atoms with E-state index in [0.717, 1.165) is 52.2 Å². The molecular weight excluding hydrogens is 540 g/mol. The number of ether oxygens (including phenoxy) is 1. The van der Waals surface area contributed by atoms with Gasteiger partial charge in [0.05, 0.1) is 41.8 Å². The Morgan fingerprint density at radius 1 is 1.05 bits per heavy atom. The molecule has 218 valence electrons. The average molecular weight is 575 g/mol. The Hall–Kier alpha value is -4.47. The van der Waals surface area contributed by atoms with Gasteiger partial charge in [-0.05, 0) is 79.8 Å². The molecule has 2 aliphatic heterocycles. The van der Waals surface area contributed by atoms with Gasteiger partial charge in [-0.25, -0.2) is 4.98 Å². The highest BCUT2D eigenvalue weighted by molar-refractivity contribution is 6.09. The molecule has 1 amide bonds. The summed E-state index contributed by atoms with van der Waals surface area (Å²) in [4.78, 5) is 26.0. The number of benzene rings is 2. The second kappa shape index (κ2) is 10.1. The molecule has 0 atom stereocenters. The van der Waals surface area contributed by atoms with Gasteiger partial charge in [0.1, 0.15) is 18.0 Å². The number of nitrogens with one attached hydrogen (secondary N) is 1. The van der Waals surface area contributed by atoms with Crippen LogP contribution in [-0.4, -0.2) is 69.0 Å². The maximum Gasteiger partial charge on any atom is 0.262 e. The van der Waals surface area contributed by atoms with E-state index in [2.05, 4.69) is 44.9 Å². The Balaban J connectivity index is 1.17. The van der Waals surface area contributed by atoms with Crippen LogP contribution in [0.25, 0.3) is 33.4 Å². The molecule has 3 aliphatic rings. The number of fused-ring (bicyclic) bond motifs is 2. The topological polar surface area (TPSA) is 99.5 Å². The number of aryl methyl sites for hydroxylation is 1. The van der Waals surface area contributed by atoms with Crippen molar-refractivity contribution in [3.63, 3.8) is 0 Å². The smallest absolute Gasteiger partial charge is 0.262 e. The molecule has 0 bridgehead atoms. The predicted octanol–water partition coefficient (Wildman–Crippen LogP) is 5.30. The van der Waals surface area contributed by atoms with E-state index < -0.39 is 0 Å². The summed E-state index contributed by atoms with van der Waals surface area (Å²) in [6.07, 6.45) is 6.29. The van der Waals surface area contributed by atoms with E-state index >= 15 is 0 Å². The summed E-state index contributed by atoms with van der Waals surface area (Å²) in [5.74, 6) is 1.12. The zero-order chi connectivity index (χ0) is 29.2. The first kappa shape index (κ1) is 26.2. The number of hydrogen-bond acceptors (Lipinski definition) is 6. The van der Waals surface area contributed by atoms with E-state index in [1.807, 2.05) is 43.3 Å². The Morgan fingerprint density at radius 3 is 2.70 bits per heavy atom. The third kappa shape index (κ3) is 4.42. The Labute approximate surface area is 249 Å². The van der Waals surface area contributed by atoms with Crippen LogP contribution in [-0.2, 0) is 6.61 Å².